The highest BCUT2D eigenvalue weighted by atomic mass is 127. The van der Waals surface area contributed by atoms with Crippen molar-refractivity contribution in [2.45, 2.75) is 25.9 Å². The van der Waals surface area contributed by atoms with E-state index >= 15 is 0 Å². The predicted molar refractivity (Wildman–Crippen MR) is 77.5 cm³/mol. The molecular weight excluding hydrogens is 335 g/mol. The normalized spacial score (nSPS) is 10.6. The van der Waals surface area contributed by atoms with E-state index in [1.165, 1.54) is 21.2 Å². The number of ether oxygens (including phenoxy) is 1. The molecule has 0 spiro atoms. The van der Waals surface area contributed by atoms with E-state index in [1.807, 2.05) is 18.2 Å². The van der Waals surface area contributed by atoms with Crippen molar-refractivity contribution in [2.75, 3.05) is 13.2 Å². The average Bonchev–Trinajstić information content (AvgIpc) is 2.34. The van der Waals surface area contributed by atoms with Gasteiger partial charge in [-0.2, -0.15) is 0 Å². The fraction of sp³-hybridized carbons (Fsp3) is 0.500. The van der Waals surface area contributed by atoms with Crippen molar-refractivity contribution in [3.63, 3.8) is 0 Å². The Hall–Kier alpha value is 0.220. The van der Waals surface area contributed by atoms with Gasteiger partial charge in [0, 0.05) is 27.8 Å². The summed E-state index contributed by atoms with van der Waals surface area (Å²) in [6.07, 6.45) is 3.40. The number of unbranched alkanes of at least 4 members (excludes halogenated alkanes) is 2. The van der Waals surface area contributed by atoms with E-state index < -0.39 is 0 Å². The number of halogens is 1. The van der Waals surface area contributed by atoms with Gasteiger partial charge < -0.3 is 8.92 Å². The molecule has 2 nitrogen and oxygen atoms in total. The molecule has 1 aromatic rings. The summed E-state index contributed by atoms with van der Waals surface area (Å²) in [6.45, 7) is 2.40. The first-order valence-electron chi connectivity index (χ1n) is 5.45. The molecule has 0 N–H and O–H groups in total. The molecule has 0 bridgehead atoms. The molecule has 0 fully saturated rings. The molecular formula is C12H17IO2S. The Morgan fingerprint density at radius 3 is 2.50 bits per heavy atom. The Balaban J connectivity index is 1.89. The second kappa shape index (κ2) is 10.4. The third kappa shape index (κ3) is 7.49. The SMILES string of the molecule is ISOCCCCCOCc1ccccc1. The van der Waals surface area contributed by atoms with Crippen molar-refractivity contribution in [1.29, 1.82) is 0 Å². The van der Waals surface area contributed by atoms with E-state index in [0.29, 0.717) is 0 Å². The maximum atomic E-state index is 5.58. The molecule has 1 rings (SSSR count). The van der Waals surface area contributed by atoms with Gasteiger partial charge in [0.25, 0.3) is 0 Å². The van der Waals surface area contributed by atoms with Gasteiger partial charge in [-0.25, -0.2) is 0 Å². The molecule has 0 saturated carbocycles. The van der Waals surface area contributed by atoms with Crippen LogP contribution in [-0.4, -0.2) is 13.2 Å². The van der Waals surface area contributed by atoms with Crippen LogP contribution >= 0.6 is 30.4 Å². The van der Waals surface area contributed by atoms with Crippen LogP contribution in [0, 0.1) is 0 Å². The molecule has 16 heavy (non-hydrogen) atoms. The number of rotatable bonds is 9. The first-order valence-corrected chi connectivity index (χ1v) is 8.74. The Morgan fingerprint density at radius 2 is 1.75 bits per heavy atom. The summed E-state index contributed by atoms with van der Waals surface area (Å²) in [7, 11) is 1.41. The summed E-state index contributed by atoms with van der Waals surface area (Å²) in [6, 6.07) is 10.3. The van der Waals surface area contributed by atoms with Gasteiger partial charge >= 0.3 is 0 Å². The molecule has 90 valence electrons. The molecule has 0 unspecified atom stereocenters. The first-order chi connectivity index (χ1) is 7.93. The minimum absolute atomic E-state index is 0.723. The molecule has 0 radical (unpaired) electrons. The quantitative estimate of drug-likeness (QED) is 0.373. The molecule has 0 atom stereocenters. The van der Waals surface area contributed by atoms with E-state index in [4.69, 9.17) is 8.92 Å². The van der Waals surface area contributed by atoms with Crippen LogP contribution in [0.15, 0.2) is 30.3 Å². The summed E-state index contributed by atoms with van der Waals surface area (Å²) in [5.74, 6) is 0. The molecule has 0 amide bonds. The lowest BCUT2D eigenvalue weighted by Crippen LogP contribution is -1.96. The minimum Gasteiger partial charge on any atom is -0.377 e. The van der Waals surface area contributed by atoms with E-state index in [2.05, 4.69) is 33.3 Å². The summed E-state index contributed by atoms with van der Waals surface area (Å²) < 4.78 is 10.8. The maximum absolute atomic E-state index is 5.58. The van der Waals surface area contributed by atoms with Gasteiger partial charge in [0.15, 0.2) is 0 Å². The maximum Gasteiger partial charge on any atom is 0.0716 e. The minimum atomic E-state index is 0.723. The zero-order valence-electron chi connectivity index (χ0n) is 9.23. The first kappa shape index (κ1) is 14.3. The molecule has 0 saturated heterocycles. The topological polar surface area (TPSA) is 18.5 Å². The van der Waals surface area contributed by atoms with Crippen molar-refractivity contribution in [1.82, 2.24) is 0 Å². The fourth-order valence-corrected chi connectivity index (χ4v) is 2.06. The highest BCUT2D eigenvalue weighted by molar-refractivity contribution is 14.2. The largest absolute Gasteiger partial charge is 0.377 e. The second-order valence-electron chi connectivity index (χ2n) is 3.48. The Bertz CT molecular complexity index is 256. The van der Waals surface area contributed by atoms with Gasteiger partial charge in [0.05, 0.1) is 22.4 Å². The Kier molecular flexibility index (Phi) is 9.26. The second-order valence-corrected chi connectivity index (χ2v) is 4.92. The summed E-state index contributed by atoms with van der Waals surface area (Å²) in [4.78, 5) is 0. The molecule has 1 aromatic carbocycles. The Labute approximate surface area is 114 Å². The summed E-state index contributed by atoms with van der Waals surface area (Å²) in [5.41, 5.74) is 1.24. The highest BCUT2D eigenvalue weighted by Crippen LogP contribution is 2.13. The van der Waals surface area contributed by atoms with Gasteiger partial charge in [0.2, 0.25) is 0 Å². The van der Waals surface area contributed by atoms with Crippen LogP contribution in [0.25, 0.3) is 0 Å². The third-order valence-corrected chi connectivity index (χ3v) is 3.19. The van der Waals surface area contributed by atoms with Crippen LogP contribution in [-0.2, 0) is 15.5 Å². The molecule has 0 aliphatic rings. The predicted octanol–water partition coefficient (Wildman–Crippen LogP) is 4.39. The highest BCUT2D eigenvalue weighted by Gasteiger charge is 1.93. The molecule has 0 aromatic heterocycles. The van der Waals surface area contributed by atoms with Crippen LogP contribution < -0.4 is 0 Å². The van der Waals surface area contributed by atoms with Crippen molar-refractivity contribution < 1.29 is 8.92 Å². The molecule has 0 aliphatic heterocycles. The van der Waals surface area contributed by atoms with Crippen LogP contribution in [0.4, 0.5) is 0 Å². The van der Waals surface area contributed by atoms with Crippen molar-refractivity contribution in [3.8, 4) is 0 Å². The van der Waals surface area contributed by atoms with Crippen LogP contribution in [0.3, 0.4) is 0 Å². The monoisotopic (exact) mass is 352 g/mol. The van der Waals surface area contributed by atoms with E-state index in [1.54, 1.807) is 0 Å². The lowest BCUT2D eigenvalue weighted by molar-refractivity contribution is 0.116. The van der Waals surface area contributed by atoms with Gasteiger partial charge in [-0.1, -0.05) is 30.3 Å². The van der Waals surface area contributed by atoms with E-state index in [-0.39, 0.29) is 0 Å². The van der Waals surface area contributed by atoms with Gasteiger partial charge in [-0.3, -0.25) is 0 Å². The Morgan fingerprint density at radius 1 is 1.00 bits per heavy atom. The summed E-state index contributed by atoms with van der Waals surface area (Å²) in [5, 5.41) is 0. The molecule has 0 aliphatic carbocycles. The van der Waals surface area contributed by atoms with Crippen LogP contribution in [0.2, 0.25) is 0 Å². The average molecular weight is 352 g/mol. The van der Waals surface area contributed by atoms with Gasteiger partial charge in [-0.15, -0.1) is 0 Å². The standard InChI is InChI=1S/C12H17IO2S/c13-16-15-10-6-2-5-9-14-11-12-7-3-1-4-8-12/h1,3-4,7-8H,2,5-6,9-11H2. The zero-order chi connectivity index (χ0) is 11.5. The van der Waals surface area contributed by atoms with Crippen LogP contribution in [0.5, 0.6) is 0 Å². The van der Waals surface area contributed by atoms with E-state index in [0.717, 1.165) is 32.7 Å². The summed E-state index contributed by atoms with van der Waals surface area (Å²) >= 11 is 2.14. The fourth-order valence-electron chi connectivity index (χ4n) is 1.34. The third-order valence-electron chi connectivity index (χ3n) is 2.17. The molecule has 0 heterocycles. The van der Waals surface area contributed by atoms with Crippen molar-refractivity contribution in [3.05, 3.63) is 35.9 Å². The zero-order valence-corrected chi connectivity index (χ0v) is 12.2. The number of hydrogen-bond acceptors (Lipinski definition) is 3. The number of benzene rings is 1. The van der Waals surface area contributed by atoms with Crippen molar-refractivity contribution >= 4 is 30.4 Å². The van der Waals surface area contributed by atoms with Crippen molar-refractivity contribution in [2.24, 2.45) is 0 Å². The number of hydrogen-bond donors (Lipinski definition) is 0. The van der Waals surface area contributed by atoms with Crippen LogP contribution in [0.1, 0.15) is 24.8 Å². The van der Waals surface area contributed by atoms with Gasteiger partial charge in [-0.05, 0) is 24.8 Å². The smallest absolute Gasteiger partial charge is 0.0716 e. The lowest BCUT2D eigenvalue weighted by atomic mass is 10.2. The lowest BCUT2D eigenvalue weighted by Gasteiger charge is -2.04. The van der Waals surface area contributed by atoms with E-state index in [9.17, 15) is 0 Å². The van der Waals surface area contributed by atoms with Gasteiger partial charge in [0.1, 0.15) is 0 Å². The molecule has 4 heteroatoms.